The average Bonchev–Trinajstić information content (AvgIpc) is 2.78. The number of hydrogen-bond acceptors (Lipinski definition) is 4. The second-order valence-corrected chi connectivity index (χ2v) is 4.48. The highest BCUT2D eigenvalue weighted by Crippen LogP contribution is 2.21. The van der Waals surface area contributed by atoms with Crippen LogP contribution in [0.4, 0.5) is 5.13 Å². The van der Waals surface area contributed by atoms with Crippen LogP contribution in [-0.2, 0) is 6.42 Å². The third-order valence-electron chi connectivity index (χ3n) is 2.39. The van der Waals surface area contributed by atoms with Crippen LogP contribution in [0.2, 0.25) is 0 Å². The minimum atomic E-state index is 0.192. The van der Waals surface area contributed by atoms with Crippen molar-refractivity contribution in [1.29, 1.82) is 0 Å². The number of nitrogens with zero attached hydrogens (tertiary/aromatic N) is 2. The van der Waals surface area contributed by atoms with Crippen LogP contribution in [0, 0.1) is 0 Å². The first-order valence-corrected chi connectivity index (χ1v) is 6.29. The van der Waals surface area contributed by atoms with Crippen LogP contribution >= 0.6 is 11.3 Å². The van der Waals surface area contributed by atoms with Crippen molar-refractivity contribution in [1.82, 2.24) is 9.97 Å². The van der Waals surface area contributed by atoms with Gasteiger partial charge in [0.1, 0.15) is 0 Å². The van der Waals surface area contributed by atoms with E-state index in [0.29, 0.717) is 0 Å². The molecule has 2 aromatic rings. The fourth-order valence-electron chi connectivity index (χ4n) is 1.43. The normalized spacial score (nSPS) is 12.4. The second kappa shape index (κ2) is 5.07. The summed E-state index contributed by atoms with van der Waals surface area (Å²) in [5, 5.41) is 6.42. The number of rotatable bonds is 4. The summed E-state index contributed by atoms with van der Waals surface area (Å²) in [7, 11) is 0. The number of aryl methyl sites for hydroxylation is 1. The van der Waals surface area contributed by atoms with E-state index in [1.54, 1.807) is 11.3 Å². The summed E-state index contributed by atoms with van der Waals surface area (Å²) >= 11 is 1.65. The Hall–Kier alpha value is -1.42. The van der Waals surface area contributed by atoms with Crippen molar-refractivity contribution in [3.05, 3.63) is 41.2 Å². The maximum atomic E-state index is 4.47. The highest BCUT2D eigenvalue weighted by molar-refractivity contribution is 7.13. The minimum Gasteiger partial charge on any atom is -0.353 e. The first-order valence-electron chi connectivity index (χ1n) is 5.41. The molecule has 1 unspecified atom stereocenters. The highest BCUT2D eigenvalue weighted by Gasteiger charge is 2.08. The molecule has 0 spiro atoms. The maximum Gasteiger partial charge on any atom is 0.183 e. The van der Waals surface area contributed by atoms with Crippen LogP contribution in [0.5, 0.6) is 0 Å². The van der Waals surface area contributed by atoms with Gasteiger partial charge in [0, 0.05) is 11.6 Å². The molecule has 0 aliphatic carbocycles. The van der Waals surface area contributed by atoms with E-state index in [9.17, 15) is 0 Å². The predicted molar refractivity (Wildman–Crippen MR) is 67.8 cm³/mol. The molecule has 4 heteroatoms. The average molecular weight is 233 g/mol. The lowest BCUT2D eigenvalue weighted by atomic mass is 10.2. The summed E-state index contributed by atoms with van der Waals surface area (Å²) in [5.41, 5.74) is 2.18. The molecule has 3 nitrogen and oxygen atoms in total. The van der Waals surface area contributed by atoms with Gasteiger partial charge in [0.05, 0.1) is 17.4 Å². The Balaban J connectivity index is 2.05. The molecule has 2 rings (SSSR count). The molecular weight excluding hydrogens is 218 g/mol. The van der Waals surface area contributed by atoms with E-state index in [2.05, 4.69) is 34.5 Å². The lowest BCUT2D eigenvalue weighted by molar-refractivity contribution is 0.835. The van der Waals surface area contributed by atoms with Gasteiger partial charge in [-0.2, -0.15) is 0 Å². The Labute approximate surface area is 99.6 Å². The summed E-state index contributed by atoms with van der Waals surface area (Å²) in [5.74, 6) is 0. The standard InChI is InChI=1S/C12H15N3S/c1-3-10-8-16-12(15-10)14-9(2)11-6-4-5-7-13-11/h4-9H,3H2,1-2H3,(H,14,15). The van der Waals surface area contributed by atoms with Gasteiger partial charge in [-0.05, 0) is 25.5 Å². The third kappa shape index (κ3) is 2.58. The van der Waals surface area contributed by atoms with E-state index in [1.165, 1.54) is 0 Å². The number of hydrogen-bond donors (Lipinski definition) is 1. The monoisotopic (exact) mass is 233 g/mol. The van der Waals surface area contributed by atoms with E-state index in [4.69, 9.17) is 0 Å². The van der Waals surface area contributed by atoms with Gasteiger partial charge in [-0.25, -0.2) is 4.98 Å². The zero-order chi connectivity index (χ0) is 11.4. The highest BCUT2D eigenvalue weighted by atomic mass is 32.1. The molecule has 16 heavy (non-hydrogen) atoms. The quantitative estimate of drug-likeness (QED) is 0.880. The zero-order valence-corrected chi connectivity index (χ0v) is 10.3. The van der Waals surface area contributed by atoms with Crippen molar-refractivity contribution in [2.75, 3.05) is 5.32 Å². The molecule has 1 atom stereocenters. The SMILES string of the molecule is CCc1csc(NC(C)c2ccccn2)n1. The fourth-order valence-corrected chi connectivity index (χ4v) is 2.31. The molecule has 0 amide bonds. The second-order valence-electron chi connectivity index (χ2n) is 3.62. The lowest BCUT2D eigenvalue weighted by Crippen LogP contribution is -2.07. The molecule has 0 saturated heterocycles. The van der Waals surface area contributed by atoms with Crippen molar-refractivity contribution < 1.29 is 0 Å². The summed E-state index contributed by atoms with van der Waals surface area (Å²) in [4.78, 5) is 8.79. The van der Waals surface area contributed by atoms with Crippen LogP contribution in [-0.4, -0.2) is 9.97 Å². The number of pyridine rings is 1. The summed E-state index contributed by atoms with van der Waals surface area (Å²) in [6.45, 7) is 4.20. The first-order chi connectivity index (χ1) is 7.79. The van der Waals surface area contributed by atoms with Crippen LogP contribution < -0.4 is 5.32 Å². The van der Waals surface area contributed by atoms with Crippen LogP contribution in [0.3, 0.4) is 0 Å². The van der Waals surface area contributed by atoms with Gasteiger partial charge in [0.15, 0.2) is 5.13 Å². The van der Waals surface area contributed by atoms with Crippen LogP contribution in [0.15, 0.2) is 29.8 Å². The number of anilines is 1. The van der Waals surface area contributed by atoms with Crippen molar-refractivity contribution in [2.45, 2.75) is 26.3 Å². The number of aromatic nitrogens is 2. The minimum absolute atomic E-state index is 0.192. The van der Waals surface area contributed by atoms with Crippen molar-refractivity contribution >= 4 is 16.5 Å². The van der Waals surface area contributed by atoms with Crippen molar-refractivity contribution in [3.8, 4) is 0 Å². The molecule has 0 bridgehead atoms. The Morgan fingerprint density at radius 1 is 1.44 bits per heavy atom. The lowest BCUT2D eigenvalue weighted by Gasteiger charge is -2.11. The summed E-state index contributed by atoms with van der Waals surface area (Å²) in [6.07, 6.45) is 2.79. The Kier molecular flexibility index (Phi) is 3.51. The molecule has 0 fully saturated rings. The van der Waals surface area contributed by atoms with E-state index < -0.39 is 0 Å². The van der Waals surface area contributed by atoms with Gasteiger partial charge in [-0.15, -0.1) is 11.3 Å². The molecule has 0 aliphatic heterocycles. The zero-order valence-electron chi connectivity index (χ0n) is 9.47. The fraction of sp³-hybridized carbons (Fsp3) is 0.333. The Bertz CT molecular complexity index is 439. The molecule has 0 aliphatic rings. The molecular formula is C12H15N3S. The molecule has 84 valence electrons. The van der Waals surface area contributed by atoms with Gasteiger partial charge in [-0.3, -0.25) is 4.98 Å². The van der Waals surface area contributed by atoms with Crippen molar-refractivity contribution in [3.63, 3.8) is 0 Å². The smallest absolute Gasteiger partial charge is 0.183 e. The van der Waals surface area contributed by atoms with E-state index in [0.717, 1.165) is 22.9 Å². The molecule has 2 heterocycles. The molecule has 0 saturated carbocycles. The molecule has 0 aromatic carbocycles. The van der Waals surface area contributed by atoms with Gasteiger partial charge in [-0.1, -0.05) is 13.0 Å². The summed E-state index contributed by atoms with van der Waals surface area (Å²) in [6, 6.07) is 6.14. The van der Waals surface area contributed by atoms with Gasteiger partial charge < -0.3 is 5.32 Å². The number of nitrogens with one attached hydrogen (secondary N) is 1. The summed E-state index contributed by atoms with van der Waals surface area (Å²) < 4.78 is 0. The topological polar surface area (TPSA) is 37.8 Å². The van der Waals surface area contributed by atoms with Crippen LogP contribution in [0.25, 0.3) is 0 Å². The van der Waals surface area contributed by atoms with E-state index in [-0.39, 0.29) is 6.04 Å². The molecule has 1 N–H and O–H groups in total. The predicted octanol–water partition coefficient (Wildman–Crippen LogP) is 3.27. The van der Waals surface area contributed by atoms with E-state index in [1.807, 2.05) is 24.4 Å². The van der Waals surface area contributed by atoms with Crippen molar-refractivity contribution in [2.24, 2.45) is 0 Å². The Morgan fingerprint density at radius 3 is 2.94 bits per heavy atom. The largest absolute Gasteiger partial charge is 0.353 e. The molecule has 2 aromatic heterocycles. The number of thiazole rings is 1. The third-order valence-corrected chi connectivity index (χ3v) is 3.21. The van der Waals surface area contributed by atoms with Crippen LogP contribution in [0.1, 0.15) is 31.3 Å². The van der Waals surface area contributed by atoms with E-state index >= 15 is 0 Å². The van der Waals surface area contributed by atoms with Gasteiger partial charge in [0.2, 0.25) is 0 Å². The Morgan fingerprint density at radius 2 is 2.31 bits per heavy atom. The van der Waals surface area contributed by atoms with Gasteiger partial charge in [0.25, 0.3) is 0 Å². The first kappa shape index (κ1) is 11.1. The maximum absolute atomic E-state index is 4.47. The molecule has 0 radical (unpaired) electrons. The van der Waals surface area contributed by atoms with Gasteiger partial charge >= 0.3 is 0 Å².